The number of anilines is 1. The van der Waals surface area contributed by atoms with E-state index in [2.05, 4.69) is 35.9 Å². The summed E-state index contributed by atoms with van der Waals surface area (Å²) in [6.07, 6.45) is 6.41. The Morgan fingerprint density at radius 1 is 1.15 bits per heavy atom. The molecule has 0 N–H and O–H groups in total. The van der Waals surface area contributed by atoms with Gasteiger partial charge < -0.3 is 9.64 Å². The summed E-state index contributed by atoms with van der Waals surface area (Å²) < 4.78 is 5.84. The van der Waals surface area contributed by atoms with Gasteiger partial charge >= 0.3 is 6.02 Å². The van der Waals surface area contributed by atoms with Crippen molar-refractivity contribution in [3.63, 3.8) is 0 Å². The molecule has 0 radical (unpaired) electrons. The summed E-state index contributed by atoms with van der Waals surface area (Å²) >= 11 is 0. The van der Waals surface area contributed by atoms with Crippen LogP contribution in [-0.2, 0) is 9.53 Å². The second kappa shape index (κ2) is 8.39. The number of likely N-dealkylation sites (N-methyl/N-ethyl adjacent to an activating group) is 1. The van der Waals surface area contributed by atoms with Crippen LogP contribution in [0.4, 0.5) is 5.69 Å². The molecule has 0 atom stereocenters. The van der Waals surface area contributed by atoms with Gasteiger partial charge in [-0.2, -0.15) is 0 Å². The lowest BCUT2D eigenvalue weighted by Gasteiger charge is -2.20. The van der Waals surface area contributed by atoms with Gasteiger partial charge in [-0.1, -0.05) is 25.0 Å². The Morgan fingerprint density at radius 2 is 1.81 bits per heavy atom. The van der Waals surface area contributed by atoms with Crippen LogP contribution >= 0.6 is 0 Å². The maximum absolute atomic E-state index is 12.6. The van der Waals surface area contributed by atoms with Gasteiger partial charge in [0.05, 0.1) is 6.04 Å². The molecule has 1 aromatic carbocycles. The van der Waals surface area contributed by atoms with Crippen LogP contribution in [-0.4, -0.2) is 42.5 Å². The third-order valence-electron chi connectivity index (χ3n) is 5.14. The Kier molecular flexibility index (Phi) is 5.96. The van der Waals surface area contributed by atoms with Crippen LogP contribution < -0.4 is 4.90 Å². The largest absolute Gasteiger partial charge is 0.420 e. The van der Waals surface area contributed by atoms with Gasteiger partial charge in [0.25, 0.3) is 5.91 Å². The number of amides is 1. The van der Waals surface area contributed by atoms with Gasteiger partial charge in [-0.25, -0.2) is 4.99 Å². The number of rotatable bonds is 6. The first-order valence-corrected chi connectivity index (χ1v) is 9.80. The number of ether oxygens (including phenoxy) is 1. The standard InChI is InChI=1S/C21H29N3O2/c1-4-23(5-2)18-13-11-16(12-14-18)15-19-20(25)24(6-3)21(26-19)22-17-9-7-8-10-17/h11-15,17H,4-10H2,1-3H3/b19-15+,22-21+. The molecule has 0 bridgehead atoms. The molecule has 1 aliphatic heterocycles. The Bertz CT molecular complexity index is 684. The van der Waals surface area contributed by atoms with Gasteiger partial charge in [-0.05, 0) is 57.4 Å². The van der Waals surface area contributed by atoms with Crippen molar-refractivity contribution in [2.75, 3.05) is 24.5 Å². The normalized spacial score (nSPS) is 21.0. The van der Waals surface area contributed by atoms with Crippen molar-refractivity contribution < 1.29 is 9.53 Å². The smallest absolute Gasteiger partial charge is 0.300 e. The van der Waals surface area contributed by atoms with E-state index in [4.69, 9.17) is 4.74 Å². The summed E-state index contributed by atoms with van der Waals surface area (Å²) in [5.41, 5.74) is 2.15. The summed E-state index contributed by atoms with van der Waals surface area (Å²) in [5.74, 6) is 0.260. The van der Waals surface area contributed by atoms with E-state index in [1.807, 2.05) is 25.1 Å². The number of aliphatic imine (C=N–C) groups is 1. The molecule has 3 rings (SSSR count). The molecule has 5 nitrogen and oxygen atoms in total. The number of hydrogen-bond acceptors (Lipinski definition) is 4. The highest BCUT2D eigenvalue weighted by atomic mass is 16.5. The zero-order valence-electron chi connectivity index (χ0n) is 16.1. The van der Waals surface area contributed by atoms with Crippen molar-refractivity contribution >= 4 is 23.7 Å². The molecule has 1 heterocycles. The number of carbonyl (C=O) groups is 1. The number of nitrogens with zero attached hydrogens (tertiary/aromatic N) is 3. The van der Waals surface area contributed by atoms with E-state index in [-0.39, 0.29) is 5.91 Å². The predicted octanol–water partition coefficient (Wildman–Crippen LogP) is 4.05. The van der Waals surface area contributed by atoms with E-state index in [9.17, 15) is 4.79 Å². The number of amidine groups is 1. The average molecular weight is 355 g/mol. The predicted molar refractivity (Wildman–Crippen MR) is 106 cm³/mol. The van der Waals surface area contributed by atoms with Crippen molar-refractivity contribution in [2.45, 2.75) is 52.5 Å². The molecule has 1 saturated carbocycles. The third kappa shape index (κ3) is 3.92. The van der Waals surface area contributed by atoms with Gasteiger partial charge in [-0.15, -0.1) is 0 Å². The van der Waals surface area contributed by atoms with E-state index in [1.54, 1.807) is 4.90 Å². The Hall–Kier alpha value is -2.30. The van der Waals surface area contributed by atoms with Crippen molar-refractivity contribution in [1.29, 1.82) is 0 Å². The van der Waals surface area contributed by atoms with Gasteiger partial charge in [-0.3, -0.25) is 9.69 Å². The first-order valence-electron chi connectivity index (χ1n) is 9.80. The molecular weight excluding hydrogens is 326 g/mol. The molecule has 5 heteroatoms. The fourth-order valence-electron chi connectivity index (χ4n) is 3.59. The maximum atomic E-state index is 12.6. The minimum atomic E-state index is -0.0999. The van der Waals surface area contributed by atoms with Gasteiger partial charge in [0.2, 0.25) is 0 Å². The van der Waals surface area contributed by atoms with Crippen LogP contribution in [0.3, 0.4) is 0 Å². The van der Waals surface area contributed by atoms with Crippen molar-refractivity contribution in [3.05, 3.63) is 35.6 Å². The van der Waals surface area contributed by atoms with Crippen molar-refractivity contribution in [3.8, 4) is 0 Å². The van der Waals surface area contributed by atoms with Gasteiger partial charge in [0, 0.05) is 25.3 Å². The third-order valence-corrected chi connectivity index (χ3v) is 5.14. The topological polar surface area (TPSA) is 45.1 Å². The quantitative estimate of drug-likeness (QED) is 0.723. The van der Waals surface area contributed by atoms with Crippen molar-refractivity contribution in [2.24, 2.45) is 4.99 Å². The molecule has 1 saturated heterocycles. The maximum Gasteiger partial charge on any atom is 0.300 e. The molecule has 140 valence electrons. The summed E-state index contributed by atoms with van der Waals surface area (Å²) in [7, 11) is 0. The van der Waals surface area contributed by atoms with Crippen LogP contribution in [0.25, 0.3) is 6.08 Å². The van der Waals surface area contributed by atoms with E-state index < -0.39 is 0 Å². The Morgan fingerprint density at radius 3 is 2.38 bits per heavy atom. The summed E-state index contributed by atoms with van der Waals surface area (Å²) in [4.78, 5) is 21.2. The number of hydrogen-bond donors (Lipinski definition) is 0. The lowest BCUT2D eigenvalue weighted by molar-refractivity contribution is -0.122. The highest BCUT2D eigenvalue weighted by Crippen LogP contribution is 2.25. The fraction of sp³-hybridized carbons (Fsp3) is 0.524. The molecule has 0 spiro atoms. The zero-order chi connectivity index (χ0) is 18.5. The number of carbonyl (C=O) groups excluding carboxylic acids is 1. The molecule has 0 unspecified atom stereocenters. The van der Waals surface area contributed by atoms with E-state index >= 15 is 0 Å². The van der Waals surface area contributed by atoms with Crippen molar-refractivity contribution in [1.82, 2.24) is 4.90 Å². The molecular formula is C21H29N3O2. The summed E-state index contributed by atoms with van der Waals surface area (Å²) in [6, 6.07) is 8.99. The first-order chi connectivity index (χ1) is 12.7. The lowest BCUT2D eigenvalue weighted by atomic mass is 10.1. The van der Waals surface area contributed by atoms with Crippen LogP contribution in [0.5, 0.6) is 0 Å². The fourth-order valence-corrected chi connectivity index (χ4v) is 3.59. The molecule has 2 aliphatic rings. The summed E-state index contributed by atoms with van der Waals surface area (Å²) in [6.45, 7) is 8.77. The monoisotopic (exact) mass is 355 g/mol. The average Bonchev–Trinajstić information content (AvgIpc) is 3.26. The highest BCUT2D eigenvalue weighted by molar-refractivity contribution is 6.11. The van der Waals surface area contributed by atoms with Crippen LogP contribution in [0.2, 0.25) is 0 Å². The Labute approximate surface area is 156 Å². The molecule has 2 fully saturated rings. The van der Waals surface area contributed by atoms with Gasteiger partial charge in [0.15, 0.2) is 5.76 Å². The SMILES string of the molecule is CCN1C(=O)/C(=C\c2ccc(N(CC)CC)cc2)O/C1=N/C1CCCC1. The van der Waals surface area contributed by atoms with Gasteiger partial charge in [0.1, 0.15) is 0 Å². The minimum Gasteiger partial charge on any atom is -0.420 e. The zero-order valence-corrected chi connectivity index (χ0v) is 16.1. The molecule has 0 aromatic heterocycles. The van der Waals surface area contributed by atoms with Crippen LogP contribution in [0.1, 0.15) is 52.0 Å². The second-order valence-electron chi connectivity index (χ2n) is 6.77. The van der Waals surface area contributed by atoms with Crippen LogP contribution in [0, 0.1) is 0 Å². The summed E-state index contributed by atoms with van der Waals surface area (Å²) in [5, 5.41) is 0. The first kappa shape index (κ1) is 18.5. The van der Waals surface area contributed by atoms with E-state index in [1.165, 1.54) is 18.5 Å². The molecule has 1 amide bonds. The van der Waals surface area contributed by atoms with E-state index in [0.29, 0.717) is 24.4 Å². The number of benzene rings is 1. The minimum absolute atomic E-state index is 0.0999. The second-order valence-corrected chi connectivity index (χ2v) is 6.77. The molecule has 1 aromatic rings. The molecule has 1 aliphatic carbocycles. The highest BCUT2D eigenvalue weighted by Gasteiger charge is 2.34. The lowest BCUT2D eigenvalue weighted by Crippen LogP contribution is -2.30. The van der Waals surface area contributed by atoms with E-state index in [0.717, 1.165) is 31.5 Å². The van der Waals surface area contributed by atoms with Crippen LogP contribution in [0.15, 0.2) is 35.0 Å². The molecule has 26 heavy (non-hydrogen) atoms. The Balaban J connectivity index is 1.78.